The van der Waals surface area contributed by atoms with Gasteiger partial charge in [0.1, 0.15) is 6.54 Å². The molecule has 1 aliphatic rings. The molecule has 1 atom stereocenters. The first-order chi connectivity index (χ1) is 13.3. The largest absolute Gasteiger partial charge is 0.374 e. The standard InChI is InChI=1S/C21H19F2N3O2/c1-20(22,23)21(28)16-8-4-3-6-15(16)19-14(7-5-9-17(19)21)13-10-25-26(11-13)12-18(27)24-2/h3-11,28H,12H2,1-2H3,(H,24,27). The minimum absolute atomic E-state index is 0.0546. The third-order valence-electron chi connectivity index (χ3n) is 5.20. The first-order valence-corrected chi connectivity index (χ1v) is 8.84. The van der Waals surface area contributed by atoms with Gasteiger partial charge in [0.2, 0.25) is 5.91 Å². The van der Waals surface area contributed by atoms with E-state index in [0.29, 0.717) is 22.3 Å². The van der Waals surface area contributed by atoms with Gasteiger partial charge in [-0.15, -0.1) is 0 Å². The van der Waals surface area contributed by atoms with Crippen LogP contribution in [0.25, 0.3) is 22.3 Å². The maximum atomic E-state index is 14.6. The fraction of sp³-hybridized carbons (Fsp3) is 0.238. The van der Waals surface area contributed by atoms with Crippen LogP contribution < -0.4 is 5.32 Å². The Bertz CT molecular complexity index is 1070. The number of nitrogens with zero attached hydrogens (tertiary/aromatic N) is 2. The zero-order valence-corrected chi connectivity index (χ0v) is 15.4. The Morgan fingerprint density at radius 1 is 1.18 bits per heavy atom. The highest BCUT2D eigenvalue weighted by Crippen LogP contribution is 2.56. The highest BCUT2D eigenvalue weighted by Gasteiger charge is 2.56. The maximum Gasteiger partial charge on any atom is 0.281 e. The number of rotatable bonds is 4. The number of benzene rings is 2. The lowest BCUT2D eigenvalue weighted by atomic mass is 9.85. The quantitative estimate of drug-likeness (QED) is 0.727. The topological polar surface area (TPSA) is 67.2 Å². The second-order valence-electron chi connectivity index (χ2n) is 6.97. The van der Waals surface area contributed by atoms with Gasteiger partial charge < -0.3 is 10.4 Å². The summed E-state index contributed by atoms with van der Waals surface area (Å²) in [5.41, 5.74) is 0.415. The number of hydrogen-bond donors (Lipinski definition) is 2. The van der Waals surface area contributed by atoms with Crippen LogP contribution in [0.15, 0.2) is 54.9 Å². The number of alkyl halides is 2. The summed E-state index contributed by atoms with van der Waals surface area (Å²) in [7, 11) is 1.54. The molecule has 1 unspecified atom stereocenters. The molecule has 144 valence electrons. The SMILES string of the molecule is CNC(=O)Cn1cc(-c2cccc3c2-c2ccccc2C3(O)C(C)(F)F)cn1. The van der Waals surface area contributed by atoms with Gasteiger partial charge >= 0.3 is 0 Å². The van der Waals surface area contributed by atoms with E-state index in [2.05, 4.69) is 10.4 Å². The second-order valence-corrected chi connectivity index (χ2v) is 6.97. The van der Waals surface area contributed by atoms with E-state index in [-0.39, 0.29) is 23.6 Å². The van der Waals surface area contributed by atoms with Crippen molar-refractivity contribution in [3.63, 3.8) is 0 Å². The number of carbonyl (C=O) groups is 1. The zero-order valence-electron chi connectivity index (χ0n) is 15.4. The van der Waals surface area contributed by atoms with E-state index < -0.39 is 11.5 Å². The van der Waals surface area contributed by atoms with Crippen LogP contribution in [0.1, 0.15) is 18.1 Å². The van der Waals surface area contributed by atoms with E-state index in [1.54, 1.807) is 49.8 Å². The second kappa shape index (κ2) is 6.24. The summed E-state index contributed by atoms with van der Waals surface area (Å²) in [6.45, 7) is 0.784. The number of likely N-dealkylation sites (N-methyl/N-ethyl adjacent to an activating group) is 1. The molecule has 2 N–H and O–H groups in total. The van der Waals surface area contributed by atoms with Crippen molar-refractivity contribution in [2.45, 2.75) is 25.0 Å². The number of aromatic nitrogens is 2. The summed E-state index contributed by atoms with van der Waals surface area (Å²) in [5, 5.41) is 17.9. The maximum absolute atomic E-state index is 14.6. The van der Waals surface area contributed by atoms with Crippen LogP contribution in [0.4, 0.5) is 8.78 Å². The van der Waals surface area contributed by atoms with Gasteiger partial charge in [-0.1, -0.05) is 42.5 Å². The van der Waals surface area contributed by atoms with Gasteiger partial charge in [0, 0.05) is 36.9 Å². The highest BCUT2D eigenvalue weighted by molar-refractivity contribution is 5.92. The summed E-state index contributed by atoms with van der Waals surface area (Å²) in [6, 6.07) is 11.6. The average Bonchev–Trinajstić information content (AvgIpc) is 3.23. The molecule has 1 heterocycles. The molecule has 7 heteroatoms. The molecule has 0 spiro atoms. The molecule has 1 aromatic heterocycles. The van der Waals surface area contributed by atoms with E-state index in [0.717, 1.165) is 6.92 Å². The lowest BCUT2D eigenvalue weighted by Gasteiger charge is -2.31. The smallest absolute Gasteiger partial charge is 0.281 e. The Hall–Kier alpha value is -3.06. The van der Waals surface area contributed by atoms with E-state index in [9.17, 15) is 18.7 Å². The van der Waals surface area contributed by atoms with Gasteiger partial charge in [0.15, 0.2) is 5.60 Å². The van der Waals surface area contributed by atoms with E-state index in [1.807, 2.05) is 0 Å². The predicted molar refractivity (Wildman–Crippen MR) is 101 cm³/mol. The van der Waals surface area contributed by atoms with Crippen LogP contribution in [0.2, 0.25) is 0 Å². The fourth-order valence-electron chi connectivity index (χ4n) is 3.83. The normalized spacial score (nSPS) is 17.9. The summed E-state index contributed by atoms with van der Waals surface area (Å²) in [5.74, 6) is -3.57. The first kappa shape index (κ1) is 18.3. The molecule has 2 aromatic carbocycles. The van der Waals surface area contributed by atoms with Crippen LogP contribution >= 0.6 is 0 Å². The van der Waals surface area contributed by atoms with E-state index >= 15 is 0 Å². The van der Waals surface area contributed by atoms with Crippen molar-refractivity contribution in [2.75, 3.05) is 7.05 Å². The van der Waals surface area contributed by atoms with Gasteiger partial charge in [-0.3, -0.25) is 9.48 Å². The molecule has 1 amide bonds. The van der Waals surface area contributed by atoms with Crippen molar-refractivity contribution < 1.29 is 18.7 Å². The third kappa shape index (κ3) is 2.54. The molecule has 4 rings (SSSR count). The molecule has 5 nitrogen and oxygen atoms in total. The molecule has 0 aliphatic heterocycles. The number of aliphatic hydroxyl groups is 1. The van der Waals surface area contributed by atoms with Crippen molar-refractivity contribution in [2.24, 2.45) is 0 Å². The monoisotopic (exact) mass is 383 g/mol. The van der Waals surface area contributed by atoms with Crippen LogP contribution in [0, 0.1) is 0 Å². The van der Waals surface area contributed by atoms with Crippen molar-refractivity contribution in [1.82, 2.24) is 15.1 Å². The van der Waals surface area contributed by atoms with Crippen molar-refractivity contribution >= 4 is 5.91 Å². The fourth-order valence-corrected chi connectivity index (χ4v) is 3.83. The predicted octanol–water partition coefficient (Wildman–Crippen LogP) is 3.17. The number of carbonyl (C=O) groups excluding carboxylic acids is 1. The van der Waals surface area contributed by atoms with Crippen molar-refractivity contribution in [1.29, 1.82) is 0 Å². The first-order valence-electron chi connectivity index (χ1n) is 8.84. The number of amides is 1. The Morgan fingerprint density at radius 3 is 2.57 bits per heavy atom. The molecule has 28 heavy (non-hydrogen) atoms. The molecular weight excluding hydrogens is 364 g/mol. The molecule has 0 fully saturated rings. The van der Waals surface area contributed by atoms with Crippen LogP contribution in [-0.2, 0) is 16.9 Å². The Morgan fingerprint density at radius 2 is 1.86 bits per heavy atom. The average molecular weight is 383 g/mol. The van der Waals surface area contributed by atoms with Crippen LogP contribution in [0.5, 0.6) is 0 Å². The third-order valence-corrected chi connectivity index (χ3v) is 5.20. The molecule has 1 aliphatic carbocycles. The van der Waals surface area contributed by atoms with Gasteiger partial charge in [0.05, 0.1) is 6.20 Å². The summed E-state index contributed by atoms with van der Waals surface area (Å²) >= 11 is 0. The summed E-state index contributed by atoms with van der Waals surface area (Å²) in [4.78, 5) is 11.6. The molecule has 0 saturated heterocycles. The summed E-state index contributed by atoms with van der Waals surface area (Å²) in [6.07, 6.45) is 3.28. The van der Waals surface area contributed by atoms with Gasteiger partial charge in [-0.25, -0.2) is 8.78 Å². The number of halogens is 2. The van der Waals surface area contributed by atoms with Crippen LogP contribution in [-0.4, -0.2) is 33.8 Å². The van der Waals surface area contributed by atoms with Crippen molar-refractivity contribution in [3.05, 3.63) is 66.0 Å². The van der Waals surface area contributed by atoms with Crippen molar-refractivity contribution in [3.8, 4) is 22.3 Å². The van der Waals surface area contributed by atoms with E-state index in [4.69, 9.17) is 0 Å². The number of fused-ring (bicyclic) bond motifs is 3. The Kier molecular flexibility index (Phi) is 4.08. The molecule has 0 bridgehead atoms. The molecular formula is C21H19F2N3O2. The minimum atomic E-state index is -3.38. The molecule has 0 radical (unpaired) electrons. The molecule has 0 saturated carbocycles. The van der Waals surface area contributed by atoms with Crippen LogP contribution in [0.3, 0.4) is 0 Å². The lowest BCUT2D eigenvalue weighted by Crippen LogP contribution is -2.42. The van der Waals surface area contributed by atoms with E-state index in [1.165, 1.54) is 16.8 Å². The lowest BCUT2D eigenvalue weighted by molar-refractivity contribution is -0.148. The number of hydrogen-bond acceptors (Lipinski definition) is 3. The van der Waals surface area contributed by atoms with Gasteiger partial charge in [-0.2, -0.15) is 5.10 Å². The highest BCUT2D eigenvalue weighted by atomic mass is 19.3. The number of nitrogens with one attached hydrogen (secondary N) is 1. The zero-order chi connectivity index (χ0) is 20.1. The Labute approximate surface area is 160 Å². The van der Waals surface area contributed by atoms with Gasteiger partial charge in [0.25, 0.3) is 5.92 Å². The molecule has 3 aromatic rings. The van der Waals surface area contributed by atoms with Gasteiger partial charge in [-0.05, 0) is 16.7 Å². The Balaban J connectivity index is 1.91. The minimum Gasteiger partial charge on any atom is -0.374 e. The summed E-state index contributed by atoms with van der Waals surface area (Å²) < 4.78 is 30.6.